The smallest absolute Gasteiger partial charge is 0.283 e. The fraction of sp³-hybridized carbons (Fsp3) is 0.381. The second-order valence-electron chi connectivity index (χ2n) is 7.43. The second kappa shape index (κ2) is 8.67. The minimum absolute atomic E-state index is 0.0867. The molecule has 3 heterocycles. The Hall–Kier alpha value is -3.31. The van der Waals surface area contributed by atoms with Crippen LogP contribution in [0.3, 0.4) is 0 Å². The van der Waals surface area contributed by atoms with Crippen LogP contribution in [0.5, 0.6) is 5.75 Å². The summed E-state index contributed by atoms with van der Waals surface area (Å²) in [6.07, 6.45) is 1.41. The van der Waals surface area contributed by atoms with E-state index in [1.54, 1.807) is 13.2 Å². The molecule has 3 N–H and O–H groups in total. The highest BCUT2D eigenvalue weighted by atomic mass is 19.1. The van der Waals surface area contributed by atoms with E-state index in [4.69, 9.17) is 24.7 Å². The molecular formula is C21H22F2N4O5. The molecule has 2 aliphatic heterocycles. The van der Waals surface area contributed by atoms with Gasteiger partial charge in [0.1, 0.15) is 30.5 Å². The summed E-state index contributed by atoms with van der Waals surface area (Å²) in [6, 6.07) is 6.63. The lowest BCUT2D eigenvalue weighted by atomic mass is 9.78. The van der Waals surface area contributed by atoms with Crippen molar-refractivity contribution in [3.05, 3.63) is 53.6 Å². The van der Waals surface area contributed by atoms with Gasteiger partial charge in [0.2, 0.25) is 0 Å². The van der Waals surface area contributed by atoms with Gasteiger partial charge in [-0.15, -0.1) is 0 Å². The van der Waals surface area contributed by atoms with Gasteiger partial charge in [0.25, 0.3) is 11.9 Å². The first-order chi connectivity index (χ1) is 15.4. The van der Waals surface area contributed by atoms with Crippen molar-refractivity contribution in [1.29, 1.82) is 0 Å². The Kier molecular flexibility index (Phi) is 5.94. The number of carbonyl (C=O) groups is 1. The van der Waals surface area contributed by atoms with E-state index in [-0.39, 0.29) is 36.2 Å². The van der Waals surface area contributed by atoms with E-state index >= 15 is 4.39 Å². The van der Waals surface area contributed by atoms with Crippen LogP contribution in [0.25, 0.3) is 0 Å². The van der Waals surface area contributed by atoms with Crippen molar-refractivity contribution >= 4 is 17.6 Å². The summed E-state index contributed by atoms with van der Waals surface area (Å²) < 4.78 is 51.0. The Balaban J connectivity index is 1.56. The van der Waals surface area contributed by atoms with Crippen LogP contribution in [-0.2, 0) is 19.7 Å². The first-order valence-corrected chi connectivity index (χ1v) is 9.81. The number of fused-ring (bicyclic) bond motifs is 1. The molecule has 0 unspecified atom stereocenters. The number of aromatic nitrogens is 1. The molecule has 0 spiro atoms. The van der Waals surface area contributed by atoms with Crippen molar-refractivity contribution in [3.8, 4) is 5.75 Å². The number of amides is 1. The SMILES string of the molecule is COCCOc1ccc(C(=O)Nc2ccc(F)c([C@]34COC[C@@]3(F)COC(N)=N4)c2)nc1. The number of halogens is 2. The van der Waals surface area contributed by atoms with Gasteiger partial charge in [-0.2, -0.15) is 0 Å². The summed E-state index contributed by atoms with van der Waals surface area (Å²) in [5.74, 6) is -0.755. The number of nitrogens with one attached hydrogen (secondary N) is 1. The number of anilines is 1. The predicted molar refractivity (Wildman–Crippen MR) is 110 cm³/mol. The molecule has 1 aromatic carbocycles. The number of benzene rings is 1. The first-order valence-electron chi connectivity index (χ1n) is 9.81. The number of hydrogen-bond acceptors (Lipinski definition) is 8. The summed E-state index contributed by atoms with van der Waals surface area (Å²) >= 11 is 0. The van der Waals surface area contributed by atoms with Gasteiger partial charge in [-0.25, -0.2) is 18.8 Å². The van der Waals surface area contributed by atoms with Crippen molar-refractivity contribution in [2.24, 2.45) is 10.7 Å². The Morgan fingerprint density at radius 1 is 1.25 bits per heavy atom. The van der Waals surface area contributed by atoms with Crippen molar-refractivity contribution in [2.45, 2.75) is 11.2 Å². The lowest BCUT2D eigenvalue weighted by molar-refractivity contribution is 0.00905. The molecule has 1 amide bonds. The zero-order valence-electron chi connectivity index (χ0n) is 17.3. The monoisotopic (exact) mass is 448 g/mol. The van der Waals surface area contributed by atoms with E-state index in [1.165, 1.54) is 24.4 Å². The predicted octanol–water partition coefficient (Wildman–Crippen LogP) is 1.78. The number of methoxy groups -OCH3 is 1. The maximum Gasteiger partial charge on any atom is 0.283 e. The molecule has 0 saturated carbocycles. The lowest BCUT2D eigenvalue weighted by Gasteiger charge is -2.38. The minimum Gasteiger partial charge on any atom is -0.490 e. The molecule has 0 radical (unpaired) electrons. The number of nitrogens with two attached hydrogens (primary N) is 1. The number of rotatable bonds is 7. The lowest BCUT2D eigenvalue weighted by Crippen LogP contribution is -2.55. The van der Waals surface area contributed by atoms with E-state index in [9.17, 15) is 9.18 Å². The van der Waals surface area contributed by atoms with Gasteiger partial charge in [-0.3, -0.25) is 4.79 Å². The van der Waals surface area contributed by atoms with Gasteiger partial charge >= 0.3 is 0 Å². The Morgan fingerprint density at radius 3 is 2.84 bits per heavy atom. The third-order valence-electron chi connectivity index (χ3n) is 5.33. The van der Waals surface area contributed by atoms with Crippen molar-refractivity contribution in [2.75, 3.05) is 45.5 Å². The minimum atomic E-state index is -2.10. The van der Waals surface area contributed by atoms with Gasteiger partial charge in [0.15, 0.2) is 11.2 Å². The summed E-state index contributed by atoms with van der Waals surface area (Å²) in [4.78, 5) is 20.8. The quantitative estimate of drug-likeness (QED) is 0.620. The van der Waals surface area contributed by atoms with Crippen LogP contribution in [0.1, 0.15) is 16.1 Å². The molecule has 9 nitrogen and oxygen atoms in total. The van der Waals surface area contributed by atoms with E-state index in [0.29, 0.717) is 19.0 Å². The molecule has 170 valence electrons. The summed E-state index contributed by atoms with van der Waals surface area (Å²) in [5, 5.41) is 2.63. The first kappa shape index (κ1) is 21.9. The molecule has 0 bridgehead atoms. The van der Waals surface area contributed by atoms with E-state index in [1.807, 2.05) is 0 Å². The van der Waals surface area contributed by atoms with Gasteiger partial charge in [0, 0.05) is 18.4 Å². The number of pyridine rings is 1. The highest BCUT2D eigenvalue weighted by Crippen LogP contribution is 2.48. The zero-order valence-corrected chi connectivity index (χ0v) is 17.3. The van der Waals surface area contributed by atoms with Gasteiger partial charge < -0.3 is 30.0 Å². The molecule has 1 saturated heterocycles. The maximum absolute atomic E-state index is 15.6. The average Bonchev–Trinajstić information content (AvgIpc) is 3.13. The van der Waals surface area contributed by atoms with Gasteiger partial charge in [-0.05, 0) is 30.3 Å². The number of carbonyl (C=O) groups excluding carboxylic acids is 1. The third-order valence-corrected chi connectivity index (χ3v) is 5.33. The van der Waals surface area contributed by atoms with Crippen LogP contribution in [0.4, 0.5) is 14.5 Å². The number of ether oxygens (including phenoxy) is 4. The third kappa shape index (κ3) is 3.96. The van der Waals surface area contributed by atoms with Crippen LogP contribution in [0, 0.1) is 5.82 Å². The van der Waals surface area contributed by atoms with Crippen LogP contribution in [-0.4, -0.2) is 62.7 Å². The van der Waals surface area contributed by atoms with Crippen molar-refractivity contribution in [1.82, 2.24) is 4.98 Å². The summed E-state index contributed by atoms with van der Waals surface area (Å²) in [6.45, 7) is -0.178. The Labute approximate surface area is 182 Å². The van der Waals surface area contributed by atoms with E-state index < -0.39 is 29.5 Å². The number of aliphatic imine (C=N–C) groups is 1. The Morgan fingerprint density at radius 2 is 2.09 bits per heavy atom. The van der Waals surface area contributed by atoms with E-state index in [0.717, 1.165) is 6.07 Å². The normalized spacial score (nSPS) is 24.3. The molecular weight excluding hydrogens is 426 g/mol. The molecule has 11 heteroatoms. The van der Waals surface area contributed by atoms with E-state index in [2.05, 4.69) is 15.3 Å². The summed E-state index contributed by atoms with van der Waals surface area (Å²) in [7, 11) is 1.56. The van der Waals surface area contributed by atoms with Crippen molar-refractivity contribution in [3.63, 3.8) is 0 Å². The molecule has 1 fully saturated rings. The Bertz CT molecular complexity index is 1040. The molecule has 4 rings (SSSR count). The van der Waals surface area contributed by atoms with Gasteiger partial charge in [0.05, 0.1) is 26.0 Å². The van der Waals surface area contributed by atoms with Crippen LogP contribution >= 0.6 is 0 Å². The molecule has 2 atom stereocenters. The molecule has 2 aliphatic rings. The van der Waals surface area contributed by atoms with Gasteiger partial charge in [-0.1, -0.05) is 0 Å². The zero-order chi connectivity index (χ0) is 22.8. The van der Waals surface area contributed by atoms with Crippen molar-refractivity contribution < 1.29 is 32.5 Å². The van der Waals surface area contributed by atoms with Crippen LogP contribution < -0.4 is 15.8 Å². The van der Waals surface area contributed by atoms with Crippen LogP contribution in [0.15, 0.2) is 41.5 Å². The average molecular weight is 448 g/mol. The highest BCUT2D eigenvalue weighted by molar-refractivity contribution is 6.02. The molecule has 32 heavy (non-hydrogen) atoms. The number of alkyl halides is 1. The van der Waals surface area contributed by atoms with Crippen LogP contribution in [0.2, 0.25) is 0 Å². The number of hydrogen-bond donors (Lipinski definition) is 2. The largest absolute Gasteiger partial charge is 0.490 e. The standard InChI is InChI=1S/C21H22F2N4O5/c1-29-6-7-31-14-3-5-17(25-9-14)18(28)26-13-2-4-16(22)15(8-13)21-12-30-10-20(21,23)11-32-19(24)27-21/h2-5,8-9H,6-7,10-12H2,1H3,(H2,24,27)(H,26,28)/t20-,21-/m1/s1. The molecule has 0 aliphatic carbocycles. The number of amidine groups is 1. The summed E-state index contributed by atoms with van der Waals surface area (Å²) in [5.41, 5.74) is 2.11. The topological polar surface area (TPSA) is 117 Å². The fourth-order valence-corrected chi connectivity index (χ4v) is 3.65. The highest BCUT2D eigenvalue weighted by Gasteiger charge is 2.62. The molecule has 2 aromatic rings. The fourth-order valence-electron chi connectivity index (χ4n) is 3.65. The second-order valence-corrected chi connectivity index (χ2v) is 7.43. The maximum atomic E-state index is 15.6. The number of nitrogens with zero attached hydrogens (tertiary/aromatic N) is 2. The molecule has 1 aromatic heterocycles.